The zero-order valence-corrected chi connectivity index (χ0v) is 23.2. The number of pyridine rings is 1. The van der Waals surface area contributed by atoms with Crippen molar-refractivity contribution in [1.82, 2.24) is 24.3 Å². The van der Waals surface area contributed by atoms with Gasteiger partial charge in [0, 0.05) is 69.9 Å². The number of imidazole rings is 1. The molecule has 0 radical (unpaired) electrons. The Hall–Kier alpha value is -2.72. The van der Waals surface area contributed by atoms with Gasteiger partial charge in [-0.05, 0) is 42.7 Å². The van der Waals surface area contributed by atoms with Crippen LogP contribution in [0.25, 0.3) is 11.2 Å². The van der Waals surface area contributed by atoms with Crippen LogP contribution in [0.1, 0.15) is 52.0 Å². The van der Waals surface area contributed by atoms with Crippen molar-refractivity contribution in [3.63, 3.8) is 0 Å². The molecule has 5 rings (SSSR count). The number of allylic oxidation sites excluding steroid dienone is 1. The van der Waals surface area contributed by atoms with Crippen LogP contribution in [0.15, 0.2) is 52.4 Å². The molecule has 0 saturated carbocycles. The smallest absolute Gasteiger partial charge is 0.260 e. The van der Waals surface area contributed by atoms with Crippen molar-refractivity contribution in [2.75, 3.05) is 38.5 Å². The topological polar surface area (TPSA) is 92.6 Å². The molecule has 2 aromatic rings. The molecule has 10 heteroatoms. The van der Waals surface area contributed by atoms with E-state index in [1.165, 1.54) is 0 Å². The number of amidine groups is 1. The average molecular weight is 540 g/mol. The third-order valence-electron chi connectivity index (χ3n) is 7.95. The van der Waals surface area contributed by atoms with Gasteiger partial charge in [-0.25, -0.2) is 19.4 Å². The van der Waals surface area contributed by atoms with Gasteiger partial charge in [-0.2, -0.15) is 0 Å². The van der Waals surface area contributed by atoms with Crippen LogP contribution >= 0.6 is 11.8 Å². The summed E-state index contributed by atoms with van der Waals surface area (Å²) in [5.74, 6) is 1.45. The van der Waals surface area contributed by atoms with Gasteiger partial charge in [-0.1, -0.05) is 37.8 Å². The molecule has 0 aromatic carbocycles. The number of carbonyl (C=O) groups is 1. The lowest BCUT2D eigenvalue weighted by Gasteiger charge is -2.40. The molecule has 0 bridgehead atoms. The summed E-state index contributed by atoms with van der Waals surface area (Å²) < 4.78 is 18.2. The van der Waals surface area contributed by atoms with E-state index in [-0.39, 0.29) is 30.7 Å². The molecule has 2 N–H and O–H groups in total. The highest BCUT2D eigenvalue weighted by Gasteiger charge is 2.45. The summed E-state index contributed by atoms with van der Waals surface area (Å²) in [6, 6.07) is 4.10. The van der Waals surface area contributed by atoms with Crippen LogP contribution in [0, 0.1) is 5.92 Å². The van der Waals surface area contributed by atoms with Crippen LogP contribution in [-0.4, -0.2) is 80.2 Å². The zero-order chi connectivity index (χ0) is 26.7. The van der Waals surface area contributed by atoms with E-state index in [2.05, 4.69) is 45.4 Å². The van der Waals surface area contributed by atoms with Gasteiger partial charge in [-0.15, -0.1) is 0 Å². The highest BCUT2D eigenvalue weighted by atomic mass is 32.2. The number of aliphatic imine (C=N–C) groups is 1. The van der Waals surface area contributed by atoms with E-state index in [9.17, 15) is 4.79 Å². The van der Waals surface area contributed by atoms with Gasteiger partial charge in [0.2, 0.25) is 0 Å². The normalized spacial score (nSPS) is 23.1. The number of halogens is 1. The Balaban J connectivity index is 1.18. The fraction of sp³-hybridized carbons (Fsp3) is 0.571. The van der Waals surface area contributed by atoms with Crippen LogP contribution in [-0.2, 0) is 4.79 Å². The SMILES string of the molecule is CCSc1nc2cccnc2n1C1CCN(C(=O)C2(F)CCN(CC3=CN=C(N)[C@@H](C)CC=C3)CC2)CC1. The molecule has 2 aromatic heterocycles. The first-order valence-electron chi connectivity index (χ1n) is 13.7. The van der Waals surface area contributed by atoms with Gasteiger partial charge < -0.3 is 15.2 Å². The lowest BCUT2D eigenvalue weighted by molar-refractivity contribution is -0.148. The minimum absolute atomic E-state index is 0.204. The van der Waals surface area contributed by atoms with Gasteiger partial charge in [0.15, 0.2) is 16.5 Å². The second-order valence-electron chi connectivity index (χ2n) is 10.6. The van der Waals surface area contributed by atoms with E-state index in [0.717, 1.165) is 46.9 Å². The van der Waals surface area contributed by atoms with Crippen molar-refractivity contribution in [3.8, 4) is 0 Å². The maximum Gasteiger partial charge on any atom is 0.260 e. The molecule has 204 valence electrons. The monoisotopic (exact) mass is 539 g/mol. The van der Waals surface area contributed by atoms with Gasteiger partial charge in [0.05, 0.1) is 0 Å². The summed E-state index contributed by atoms with van der Waals surface area (Å²) in [7, 11) is 0. The number of piperidine rings is 2. The van der Waals surface area contributed by atoms with Crippen molar-refractivity contribution in [1.29, 1.82) is 0 Å². The number of nitrogens with zero attached hydrogens (tertiary/aromatic N) is 6. The van der Waals surface area contributed by atoms with Crippen LogP contribution in [0.2, 0.25) is 0 Å². The largest absolute Gasteiger partial charge is 0.387 e. The molecule has 8 nitrogen and oxygen atoms in total. The minimum Gasteiger partial charge on any atom is -0.387 e. The molecule has 3 aliphatic heterocycles. The fourth-order valence-corrected chi connectivity index (χ4v) is 6.38. The number of amides is 1. The van der Waals surface area contributed by atoms with E-state index >= 15 is 4.39 Å². The number of hydrogen-bond donors (Lipinski definition) is 1. The number of alkyl halides is 1. The van der Waals surface area contributed by atoms with Gasteiger partial charge in [-0.3, -0.25) is 9.69 Å². The quantitative estimate of drug-likeness (QED) is 0.549. The zero-order valence-electron chi connectivity index (χ0n) is 22.4. The van der Waals surface area contributed by atoms with Crippen molar-refractivity contribution >= 4 is 34.7 Å². The highest BCUT2D eigenvalue weighted by molar-refractivity contribution is 7.99. The molecular formula is C28H38FN7OS. The summed E-state index contributed by atoms with van der Waals surface area (Å²) in [5.41, 5.74) is 7.07. The average Bonchev–Trinajstić information content (AvgIpc) is 3.29. The van der Waals surface area contributed by atoms with E-state index in [0.29, 0.717) is 38.6 Å². The molecule has 1 amide bonds. The van der Waals surface area contributed by atoms with E-state index in [1.807, 2.05) is 18.3 Å². The van der Waals surface area contributed by atoms with E-state index in [4.69, 9.17) is 10.7 Å². The molecule has 0 unspecified atom stereocenters. The number of fused-ring (bicyclic) bond motifs is 1. The number of aromatic nitrogens is 3. The number of rotatable bonds is 6. The molecule has 2 saturated heterocycles. The summed E-state index contributed by atoms with van der Waals surface area (Å²) >= 11 is 1.71. The third-order valence-corrected chi connectivity index (χ3v) is 8.79. The van der Waals surface area contributed by atoms with Crippen LogP contribution in [0.5, 0.6) is 0 Å². The van der Waals surface area contributed by atoms with Crippen LogP contribution in [0.4, 0.5) is 4.39 Å². The van der Waals surface area contributed by atoms with Crippen molar-refractivity contribution in [3.05, 3.63) is 42.3 Å². The molecule has 38 heavy (non-hydrogen) atoms. The molecule has 0 spiro atoms. The number of carbonyl (C=O) groups excluding carboxylic acids is 1. The Labute approximate surface area is 228 Å². The number of hydrogen-bond acceptors (Lipinski definition) is 7. The van der Waals surface area contributed by atoms with Gasteiger partial charge in [0.25, 0.3) is 5.91 Å². The summed E-state index contributed by atoms with van der Waals surface area (Å²) in [6.07, 6.45) is 10.7. The second kappa shape index (κ2) is 11.6. The summed E-state index contributed by atoms with van der Waals surface area (Å²) in [6.45, 7) is 7.06. The predicted molar refractivity (Wildman–Crippen MR) is 151 cm³/mol. The van der Waals surface area contributed by atoms with Crippen LogP contribution in [0.3, 0.4) is 0 Å². The van der Waals surface area contributed by atoms with Crippen molar-refractivity contribution in [2.24, 2.45) is 16.6 Å². The highest BCUT2D eigenvalue weighted by Crippen LogP contribution is 2.35. The van der Waals surface area contributed by atoms with Crippen LogP contribution < -0.4 is 5.73 Å². The first kappa shape index (κ1) is 26.9. The van der Waals surface area contributed by atoms with E-state index in [1.54, 1.807) is 22.9 Å². The summed E-state index contributed by atoms with van der Waals surface area (Å²) in [5, 5.41) is 0.970. The molecule has 3 aliphatic rings. The molecule has 2 fully saturated rings. The number of likely N-dealkylation sites (tertiary alicyclic amines) is 2. The Morgan fingerprint density at radius 3 is 2.74 bits per heavy atom. The molecular weight excluding hydrogens is 501 g/mol. The fourth-order valence-electron chi connectivity index (χ4n) is 5.58. The Bertz CT molecular complexity index is 1240. The lowest BCUT2D eigenvalue weighted by Crippen LogP contribution is -2.54. The molecule has 1 atom stereocenters. The van der Waals surface area contributed by atoms with Gasteiger partial charge in [0.1, 0.15) is 11.4 Å². The Morgan fingerprint density at radius 2 is 2.00 bits per heavy atom. The Morgan fingerprint density at radius 1 is 1.24 bits per heavy atom. The Kier molecular flexibility index (Phi) is 8.18. The molecule has 0 aliphatic carbocycles. The maximum atomic E-state index is 15.9. The third kappa shape index (κ3) is 5.66. The van der Waals surface area contributed by atoms with Crippen molar-refractivity contribution in [2.45, 2.75) is 62.8 Å². The lowest BCUT2D eigenvalue weighted by atomic mass is 9.90. The number of thioether (sulfide) groups is 1. The van der Waals surface area contributed by atoms with Crippen molar-refractivity contribution < 1.29 is 9.18 Å². The first-order valence-corrected chi connectivity index (χ1v) is 14.7. The standard InChI is InChI=1S/C28H38FN7OS/c1-3-38-27-33-23-8-5-13-31-25(23)36(27)22-9-14-35(15-10-22)26(37)28(29)11-16-34(17-12-28)19-21-7-4-6-20(2)24(30)32-18-21/h4-5,7-8,13,18,20,22H,3,6,9-12,14-17,19H2,1-2H3,(H2,30,32)/t20-/m0/s1. The minimum atomic E-state index is -1.79. The second-order valence-corrected chi connectivity index (χ2v) is 11.8. The first-order chi connectivity index (χ1) is 18.4. The maximum absolute atomic E-state index is 15.9. The van der Waals surface area contributed by atoms with E-state index < -0.39 is 5.67 Å². The van der Waals surface area contributed by atoms with Gasteiger partial charge >= 0.3 is 0 Å². The predicted octanol–water partition coefficient (Wildman–Crippen LogP) is 4.35. The summed E-state index contributed by atoms with van der Waals surface area (Å²) in [4.78, 5) is 31.0. The number of nitrogens with two attached hydrogens (primary N) is 1. The molecule has 5 heterocycles.